The Morgan fingerprint density at radius 2 is 2.00 bits per heavy atom. The van der Waals surface area contributed by atoms with Gasteiger partial charge in [-0.05, 0) is 18.6 Å². The molecule has 1 unspecified atom stereocenters. The lowest BCUT2D eigenvalue weighted by Crippen LogP contribution is -2.29. The zero-order chi connectivity index (χ0) is 17.1. The van der Waals surface area contributed by atoms with Crippen LogP contribution >= 0.6 is 0 Å². The minimum absolute atomic E-state index is 0.0834. The number of aromatic nitrogens is 1. The van der Waals surface area contributed by atoms with Crippen molar-refractivity contribution in [3.05, 3.63) is 71.4 Å². The highest BCUT2D eigenvalue weighted by molar-refractivity contribution is 5.84. The van der Waals surface area contributed by atoms with Crippen LogP contribution in [0.2, 0.25) is 0 Å². The zero-order valence-corrected chi connectivity index (χ0v) is 14.0. The number of carbonyl (C=O) groups excluding carboxylic acids is 1. The molecule has 0 aliphatic heterocycles. The molecule has 1 amide bonds. The van der Waals surface area contributed by atoms with Crippen molar-refractivity contribution in [2.75, 3.05) is 6.54 Å². The number of carbonyl (C=O) groups is 1. The minimum Gasteiger partial charge on any atom is -0.386 e. The van der Waals surface area contributed by atoms with E-state index in [4.69, 9.17) is 0 Å². The van der Waals surface area contributed by atoms with E-state index in [0.29, 0.717) is 6.42 Å². The van der Waals surface area contributed by atoms with Gasteiger partial charge < -0.3 is 15.0 Å². The van der Waals surface area contributed by atoms with Crippen LogP contribution < -0.4 is 5.32 Å². The number of para-hydroxylation sites is 1. The van der Waals surface area contributed by atoms with E-state index in [1.807, 2.05) is 73.3 Å². The van der Waals surface area contributed by atoms with E-state index in [1.165, 1.54) is 0 Å². The molecule has 2 N–H and O–H groups in total. The summed E-state index contributed by atoms with van der Waals surface area (Å²) in [5.74, 6) is -0.0834. The first-order chi connectivity index (χ1) is 11.5. The molecule has 4 nitrogen and oxygen atoms in total. The third-order valence-corrected chi connectivity index (χ3v) is 4.23. The highest BCUT2D eigenvalue weighted by Crippen LogP contribution is 2.25. The molecule has 0 saturated carbocycles. The molecule has 0 fully saturated rings. The number of fused-ring (bicyclic) bond motifs is 1. The highest BCUT2D eigenvalue weighted by atomic mass is 16.3. The molecule has 2 aromatic carbocycles. The lowest BCUT2D eigenvalue weighted by Gasteiger charge is -2.11. The van der Waals surface area contributed by atoms with Gasteiger partial charge in [0, 0.05) is 36.3 Å². The van der Waals surface area contributed by atoms with Gasteiger partial charge in [-0.15, -0.1) is 0 Å². The normalized spacial score (nSPS) is 12.3. The van der Waals surface area contributed by atoms with Gasteiger partial charge in [-0.25, -0.2) is 0 Å². The maximum atomic E-state index is 12.1. The van der Waals surface area contributed by atoms with Crippen LogP contribution in [0.15, 0.2) is 54.7 Å². The highest BCUT2D eigenvalue weighted by Gasteiger charge is 2.15. The fourth-order valence-electron chi connectivity index (χ4n) is 3.03. The van der Waals surface area contributed by atoms with Crippen molar-refractivity contribution in [2.24, 2.45) is 7.05 Å². The number of aliphatic hydroxyl groups is 1. The van der Waals surface area contributed by atoms with E-state index in [0.717, 1.165) is 27.6 Å². The van der Waals surface area contributed by atoms with E-state index < -0.39 is 6.10 Å². The third-order valence-electron chi connectivity index (χ3n) is 4.23. The van der Waals surface area contributed by atoms with Gasteiger partial charge >= 0.3 is 0 Å². The predicted octanol–water partition coefficient (Wildman–Crippen LogP) is 2.88. The van der Waals surface area contributed by atoms with Crippen LogP contribution in [-0.2, 0) is 18.3 Å². The lowest BCUT2D eigenvalue weighted by molar-refractivity contribution is -0.120. The van der Waals surface area contributed by atoms with E-state index in [1.54, 1.807) is 0 Å². The SMILES string of the molecule is Cc1cccc(CC(=O)NCC(O)c2cn(C)c3ccccc23)c1. The van der Waals surface area contributed by atoms with Crippen molar-refractivity contribution in [1.82, 2.24) is 9.88 Å². The van der Waals surface area contributed by atoms with Crippen molar-refractivity contribution in [2.45, 2.75) is 19.4 Å². The van der Waals surface area contributed by atoms with Crippen LogP contribution in [0, 0.1) is 6.92 Å². The summed E-state index contributed by atoms with van der Waals surface area (Å²) in [5, 5.41) is 14.3. The average molecular weight is 322 g/mol. The second-order valence-corrected chi connectivity index (χ2v) is 6.20. The number of hydrogen-bond acceptors (Lipinski definition) is 2. The van der Waals surface area contributed by atoms with Gasteiger partial charge in [0.05, 0.1) is 12.5 Å². The second kappa shape index (κ2) is 6.89. The van der Waals surface area contributed by atoms with Crippen LogP contribution in [0.5, 0.6) is 0 Å². The fourth-order valence-corrected chi connectivity index (χ4v) is 3.03. The molecule has 0 radical (unpaired) electrons. The van der Waals surface area contributed by atoms with Gasteiger partial charge in [-0.3, -0.25) is 4.79 Å². The Labute approximate surface area is 141 Å². The Morgan fingerprint density at radius 3 is 2.79 bits per heavy atom. The van der Waals surface area contributed by atoms with Crippen LogP contribution in [0.25, 0.3) is 10.9 Å². The summed E-state index contributed by atoms with van der Waals surface area (Å²) < 4.78 is 1.99. The Hall–Kier alpha value is -2.59. The lowest BCUT2D eigenvalue weighted by atomic mass is 10.1. The van der Waals surface area contributed by atoms with Gasteiger partial charge in [0.2, 0.25) is 5.91 Å². The molecule has 0 saturated heterocycles. The number of benzene rings is 2. The Kier molecular flexibility index (Phi) is 4.67. The summed E-state index contributed by atoms with van der Waals surface area (Å²) in [6, 6.07) is 15.8. The molecular formula is C20H22N2O2. The van der Waals surface area contributed by atoms with Gasteiger partial charge in [0.25, 0.3) is 0 Å². The molecule has 0 aliphatic carbocycles. The first kappa shape index (κ1) is 16.3. The number of rotatable bonds is 5. The van der Waals surface area contributed by atoms with Crippen molar-refractivity contribution in [1.29, 1.82) is 0 Å². The summed E-state index contributed by atoms with van der Waals surface area (Å²) in [6.45, 7) is 2.21. The quantitative estimate of drug-likeness (QED) is 0.759. The Morgan fingerprint density at radius 1 is 1.21 bits per heavy atom. The van der Waals surface area contributed by atoms with Crippen LogP contribution in [-0.4, -0.2) is 22.1 Å². The smallest absolute Gasteiger partial charge is 0.224 e. The van der Waals surface area contributed by atoms with Crippen LogP contribution in [0.3, 0.4) is 0 Å². The number of nitrogens with zero attached hydrogens (tertiary/aromatic N) is 1. The van der Waals surface area contributed by atoms with Crippen molar-refractivity contribution in [3.8, 4) is 0 Å². The molecule has 0 aliphatic rings. The number of aryl methyl sites for hydroxylation is 2. The molecule has 4 heteroatoms. The van der Waals surface area contributed by atoms with Crippen molar-refractivity contribution >= 4 is 16.8 Å². The standard InChI is InChI=1S/C20H22N2O2/c1-14-6-5-7-15(10-14)11-20(24)21-12-19(23)17-13-22(2)18-9-4-3-8-16(17)18/h3-10,13,19,23H,11-12H2,1-2H3,(H,21,24). The molecule has 0 spiro atoms. The topological polar surface area (TPSA) is 54.3 Å². The van der Waals surface area contributed by atoms with E-state index >= 15 is 0 Å². The number of amides is 1. The van der Waals surface area contributed by atoms with Crippen LogP contribution in [0.1, 0.15) is 22.8 Å². The molecule has 1 heterocycles. The maximum absolute atomic E-state index is 12.1. The summed E-state index contributed by atoms with van der Waals surface area (Å²) in [5.41, 5.74) is 4.02. The maximum Gasteiger partial charge on any atom is 0.224 e. The number of aliphatic hydroxyl groups excluding tert-OH is 1. The number of nitrogens with one attached hydrogen (secondary N) is 1. The molecule has 3 rings (SSSR count). The fraction of sp³-hybridized carbons (Fsp3) is 0.250. The predicted molar refractivity (Wildman–Crippen MR) is 95.8 cm³/mol. The Balaban J connectivity index is 1.64. The minimum atomic E-state index is -0.724. The van der Waals surface area contributed by atoms with Gasteiger partial charge in [0.15, 0.2) is 0 Å². The summed E-state index contributed by atoms with van der Waals surface area (Å²) in [4.78, 5) is 12.1. The van der Waals surface area contributed by atoms with E-state index in [9.17, 15) is 9.90 Å². The Bertz CT molecular complexity index is 867. The van der Waals surface area contributed by atoms with Crippen molar-refractivity contribution in [3.63, 3.8) is 0 Å². The first-order valence-corrected chi connectivity index (χ1v) is 8.09. The first-order valence-electron chi connectivity index (χ1n) is 8.09. The molecule has 0 bridgehead atoms. The third kappa shape index (κ3) is 3.49. The molecule has 124 valence electrons. The molecule has 1 aromatic heterocycles. The average Bonchev–Trinajstić information content (AvgIpc) is 2.90. The van der Waals surface area contributed by atoms with E-state index in [-0.39, 0.29) is 12.5 Å². The monoisotopic (exact) mass is 322 g/mol. The molecule has 24 heavy (non-hydrogen) atoms. The van der Waals surface area contributed by atoms with Gasteiger partial charge in [0.1, 0.15) is 0 Å². The molecule has 3 aromatic rings. The summed E-state index contributed by atoms with van der Waals surface area (Å²) in [7, 11) is 1.95. The summed E-state index contributed by atoms with van der Waals surface area (Å²) >= 11 is 0. The van der Waals surface area contributed by atoms with Crippen LogP contribution in [0.4, 0.5) is 0 Å². The van der Waals surface area contributed by atoms with E-state index in [2.05, 4.69) is 5.32 Å². The molecular weight excluding hydrogens is 300 g/mol. The van der Waals surface area contributed by atoms with Gasteiger partial charge in [-0.1, -0.05) is 48.0 Å². The molecule has 1 atom stereocenters. The van der Waals surface area contributed by atoms with Crippen molar-refractivity contribution < 1.29 is 9.90 Å². The second-order valence-electron chi connectivity index (χ2n) is 6.20. The number of hydrogen-bond donors (Lipinski definition) is 2. The summed E-state index contributed by atoms with van der Waals surface area (Å²) in [6.07, 6.45) is 1.52. The largest absolute Gasteiger partial charge is 0.386 e. The van der Waals surface area contributed by atoms with Gasteiger partial charge in [-0.2, -0.15) is 0 Å². The zero-order valence-electron chi connectivity index (χ0n) is 14.0.